The second kappa shape index (κ2) is 4.55. The zero-order valence-electron chi connectivity index (χ0n) is 9.33. The van der Waals surface area contributed by atoms with Gasteiger partial charge in [0.1, 0.15) is 0 Å². The van der Waals surface area contributed by atoms with Crippen LogP contribution in [-0.2, 0) is 5.79 Å². The van der Waals surface area contributed by atoms with Gasteiger partial charge in [-0.05, 0) is 28.2 Å². The minimum atomic E-state index is -0.290. The predicted octanol–water partition coefficient (Wildman–Crippen LogP) is 0.797. The molecule has 0 saturated heterocycles. The monoisotopic (exact) mass is 193 g/mol. The summed E-state index contributed by atoms with van der Waals surface area (Å²) in [7, 11) is 7.98. The third kappa shape index (κ3) is 1.80. The second-order valence-electron chi connectivity index (χ2n) is 3.47. The topological polar surface area (TPSA) is 27.3 Å². The number of nitrogens with zero attached hydrogens (tertiary/aromatic N) is 1. The molecule has 2 N–H and O–H groups in total. The number of hydrogen-bond acceptors (Lipinski definition) is 3. The van der Waals surface area contributed by atoms with Gasteiger partial charge in [-0.15, -0.1) is 0 Å². The van der Waals surface area contributed by atoms with Crippen molar-refractivity contribution >= 4 is 0 Å². The Morgan fingerprint density at radius 3 is 1.86 bits per heavy atom. The van der Waals surface area contributed by atoms with Gasteiger partial charge in [-0.2, -0.15) is 0 Å². The number of nitrogens with one attached hydrogen (secondary N) is 2. The Hall–Kier alpha value is -0.900. The highest BCUT2D eigenvalue weighted by Gasteiger charge is 2.30. The molecule has 0 bridgehead atoms. The van der Waals surface area contributed by atoms with Crippen LogP contribution in [0, 0.1) is 0 Å². The molecule has 3 heteroatoms. The first kappa shape index (κ1) is 11.2. The largest absolute Gasteiger partial charge is 0.286 e. The van der Waals surface area contributed by atoms with Crippen molar-refractivity contribution in [2.24, 2.45) is 0 Å². The van der Waals surface area contributed by atoms with E-state index in [1.165, 1.54) is 5.56 Å². The van der Waals surface area contributed by atoms with E-state index in [1.54, 1.807) is 0 Å². The zero-order chi connectivity index (χ0) is 10.6. The molecule has 0 radical (unpaired) electrons. The van der Waals surface area contributed by atoms with Crippen molar-refractivity contribution in [3.63, 3.8) is 0 Å². The fraction of sp³-hybridized carbons (Fsp3) is 0.455. The fourth-order valence-corrected chi connectivity index (χ4v) is 1.80. The molecule has 0 aliphatic rings. The first-order chi connectivity index (χ1) is 6.67. The minimum Gasteiger partial charge on any atom is -0.286 e. The van der Waals surface area contributed by atoms with Gasteiger partial charge in [-0.1, -0.05) is 30.3 Å². The third-order valence-corrected chi connectivity index (χ3v) is 2.59. The van der Waals surface area contributed by atoms with E-state index < -0.39 is 0 Å². The summed E-state index contributed by atoms with van der Waals surface area (Å²) in [6.45, 7) is 0. The molecule has 0 atom stereocenters. The standard InChI is InChI=1S/C11H19N3/c1-12-11(13-2,14(3)4)10-8-6-5-7-9-10/h5-9,12-13H,1-4H3. The molecular weight excluding hydrogens is 174 g/mol. The maximum absolute atomic E-state index is 3.30. The van der Waals surface area contributed by atoms with Crippen LogP contribution in [0.25, 0.3) is 0 Å². The average molecular weight is 193 g/mol. The minimum absolute atomic E-state index is 0.290. The van der Waals surface area contributed by atoms with Crippen LogP contribution >= 0.6 is 0 Å². The smallest absolute Gasteiger partial charge is 0.152 e. The summed E-state index contributed by atoms with van der Waals surface area (Å²) in [5.41, 5.74) is 1.20. The highest BCUT2D eigenvalue weighted by atomic mass is 15.4. The Morgan fingerprint density at radius 1 is 1.00 bits per heavy atom. The van der Waals surface area contributed by atoms with Gasteiger partial charge in [-0.3, -0.25) is 15.5 Å². The summed E-state index contributed by atoms with van der Waals surface area (Å²) < 4.78 is 0. The molecule has 1 rings (SSSR count). The quantitative estimate of drug-likeness (QED) is 0.693. The van der Waals surface area contributed by atoms with E-state index in [4.69, 9.17) is 0 Å². The molecule has 0 aromatic heterocycles. The van der Waals surface area contributed by atoms with Crippen LogP contribution in [0.4, 0.5) is 0 Å². The highest BCUT2D eigenvalue weighted by Crippen LogP contribution is 2.18. The Bertz CT molecular complexity index is 265. The van der Waals surface area contributed by atoms with E-state index in [9.17, 15) is 0 Å². The lowest BCUT2D eigenvalue weighted by molar-refractivity contribution is 0.0840. The van der Waals surface area contributed by atoms with Crippen LogP contribution in [0.2, 0.25) is 0 Å². The number of benzene rings is 1. The molecule has 0 aliphatic heterocycles. The molecule has 0 amide bonds. The molecule has 0 heterocycles. The molecule has 0 fully saturated rings. The predicted molar refractivity (Wildman–Crippen MR) is 59.9 cm³/mol. The summed E-state index contributed by atoms with van der Waals surface area (Å²) in [4.78, 5) is 2.11. The van der Waals surface area contributed by atoms with Crippen molar-refractivity contribution in [2.75, 3.05) is 28.2 Å². The maximum atomic E-state index is 3.30. The second-order valence-corrected chi connectivity index (χ2v) is 3.47. The summed E-state index contributed by atoms with van der Waals surface area (Å²) in [6, 6.07) is 10.3. The summed E-state index contributed by atoms with van der Waals surface area (Å²) in [6.07, 6.45) is 0. The van der Waals surface area contributed by atoms with E-state index in [0.29, 0.717) is 0 Å². The molecule has 0 aliphatic carbocycles. The molecule has 0 spiro atoms. The Morgan fingerprint density at radius 2 is 1.50 bits per heavy atom. The molecule has 3 nitrogen and oxygen atoms in total. The fourth-order valence-electron chi connectivity index (χ4n) is 1.80. The van der Waals surface area contributed by atoms with E-state index in [1.807, 2.05) is 46.4 Å². The van der Waals surface area contributed by atoms with Crippen molar-refractivity contribution in [3.05, 3.63) is 35.9 Å². The van der Waals surface area contributed by atoms with Gasteiger partial charge in [0.05, 0.1) is 0 Å². The molecule has 78 valence electrons. The lowest BCUT2D eigenvalue weighted by Gasteiger charge is -2.39. The summed E-state index contributed by atoms with van der Waals surface area (Å²) in [5.74, 6) is -0.290. The van der Waals surface area contributed by atoms with E-state index in [0.717, 1.165) is 0 Å². The number of rotatable bonds is 4. The van der Waals surface area contributed by atoms with Crippen LogP contribution in [0.1, 0.15) is 5.56 Å². The first-order valence-corrected chi connectivity index (χ1v) is 4.78. The van der Waals surface area contributed by atoms with Crippen molar-refractivity contribution in [1.29, 1.82) is 0 Å². The van der Waals surface area contributed by atoms with Crippen LogP contribution < -0.4 is 10.6 Å². The van der Waals surface area contributed by atoms with Gasteiger partial charge < -0.3 is 0 Å². The molecule has 0 unspecified atom stereocenters. The maximum Gasteiger partial charge on any atom is 0.152 e. The van der Waals surface area contributed by atoms with Crippen LogP contribution in [0.5, 0.6) is 0 Å². The zero-order valence-corrected chi connectivity index (χ0v) is 9.33. The van der Waals surface area contributed by atoms with Crippen molar-refractivity contribution < 1.29 is 0 Å². The van der Waals surface area contributed by atoms with Gasteiger partial charge in [0.2, 0.25) is 0 Å². The molecule has 1 aromatic rings. The lowest BCUT2D eigenvalue weighted by Crippen LogP contribution is -2.60. The third-order valence-electron chi connectivity index (χ3n) is 2.59. The normalized spacial score (nSPS) is 12.1. The van der Waals surface area contributed by atoms with Crippen molar-refractivity contribution in [2.45, 2.75) is 5.79 Å². The Balaban J connectivity index is 3.11. The number of hydrogen-bond donors (Lipinski definition) is 2. The van der Waals surface area contributed by atoms with Gasteiger partial charge in [0.15, 0.2) is 5.79 Å². The summed E-state index contributed by atoms with van der Waals surface area (Å²) >= 11 is 0. The average Bonchev–Trinajstić information content (AvgIpc) is 2.22. The van der Waals surface area contributed by atoms with Crippen molar-refractivity contribution in [1.82, 2.24) is 15.5 Å². The first-order valence-electron chi connectivity index (χ1n) is 4.78. The molecule has 0 saturated carbocycles. The molecule has 14 heavy (non-hydrogen) atoms. The molecular formula is C11H19N3. The van der Waals surface area contributed by atoms with Gasteiger partial charge >= 0.3 is 0 Å². The Kier molecular flexibility index (Phi) is 3.63. The van der Waals surface area contributed by atoms with Crippen LogP contribution in [0.3, 0.4) is 0 Å². The van der Waals surface area contributed by atoms with E-state index >= 15 is 0 Å². The molecule has 1 aromatic carbocycles. The Labute approximate surface area is 86.1 Å². The van der Waals surface area contributed by atoms with Gasteiger partial charge in [0.25, 0.3) is 0 Å². The van der Waals surface area contributed by atoms with Crippen molar-refractivity contribution in [3.8, 4) is 0 Å². The van der Waals surface area contributed by atoms with Crippen LogP contribution in [0.15, 0.2) is 30.3 Å². The summed E-state index contributed by atoms with van der Waals surface area (Å²) in [5, 5.41) is 6.59. The van der Waals surface area contributed by atoms with E-state index in [-0.39, 0.29) is 5.79 Å². The van der Waals surface area contributed by atoms with Gasteiger partial charge in [-0.25, -0.2) is 0 Å². The van der Waals surface area contributed by atoms with Gasteiger partial charge in [0, 0.05) is 5.56 Å². The SMILES string of the molecule is CNC(NC)(c1ccccc1)N(C)C. The lowest BCUT2D eigenvalue weighted by atomic mass is 10.1. The van der Waals surface area contributed by atoms with Crippen LogP contribution in [-0.4, -0.2) is 33.1 Å². The highest BCUT2D eigenvalue weighted by molar-refractivity contribution is 5.22. The van der Waals surface area contributed by atoms with E-state index in [2.05, 4.69) is 27.7 Å².